The van der Waals surface area contributed by atoms with Gasteiger partial charge in [0.15, 0.2) is 0 Å². The summed E-state index contributed by atoms with van der Waals surface area (Å²) in [5.74, 6) is 0.826. The van der Waals surface area contributed by atoms with Gasteiger partial charge in [0, 0.05) is 57.7 Å². The van der Waals surface area contributed by atoms with Crippen molar-refractivity contribution in [2.75, 3.05) is 50.7 Å². The monoisotopic (exact) mass is 374 g/mol. The van der Waals surface area contributed by atoms with E-state index in [1.54, 1.807) is 12.4 Å². The van der Waals surface area contributed by atoms with Crippen LogP contribution in [0.25, 0.3) is 0 Å². The van der Waals surface area contributed by atoms with Crippen molar-refractivity contribution in [2.45, 2.75) is 51.5 Å². The first-order valence-electron chi connectivity index (χ1n) is 10.6. The van der Waals surface area contributed by atoms with Crippen molar-refractivity contribution < 1.29 is 4.79 Å². The van der Waals surface area contributed by atoms with E-state index in [1.807, 2.05) is 11.0 Å². The lowest BCUT2D eigenvalue weighted by molar-refractivity contribution is 0.159. The van der Waals surface area contributed by atoms with Crippen molar-refractivity contribution in [3.63, 3.8) is 0 Å². The largest absolute Gasteiger partial charge is 0.338 e. The SMILES string of the molecule is CCN(C(=O)NCCCN1CCN(c2ncccn2)CC1)C1CCCCC1. The molecule has 1 saturated carbocycles. The highest BCUT2D eigenvalue weighted by molar-refractivity contribution is 5.74. The first-order chi connectivity index (χ1) is 13.3. The average molecular weight is 375 g/mol. The summed E-state index contributed by atoms with van der Waals surface area (Å²) in [5.41, 5.74) is 0. The van der Waals surface area contributed by atoms with E-state index >= 15 is 0 Å². The maximum absolute atomic E-state index is 12.5. The second kappa shape index (κ2) is 10.4. The van der Waals surface area contributed by atoms with Crippen molar-refractivity contribution in [3.05, 3.63) is 18.5 Å². The number of rotatable bonds is 7. The molecule has 1 aromatic heterocycles. The maximum Gasteiger partial charge on any atom is 0.317 e. The molecule has 3 rings (SSSR count). The first-order valence-corrected chi connectivity index (χ1v) is 10.6. The van der Waals surface area contributed by atoms with Crippen LogP contribution < -0.4 is 10.2 Å². The fourth-order valence-corrected chi connectivity index (χ4v) is 4.19. The van der Waals surface area contributed by atoms with E-state index in [-0.39, 0.29) is 6.03 Å². The minimum absolute atomic E-state index is 0.121. The number of hydrogen-bond donors (Lipinski definition) is 1. The number of aromatic nitrogens is 2. The Morgan fingerprint density at radius 1 is 1.15 bits per heavy atom. The predicted molar refractivity (Wildman–Crippen MR) is 108 cm³/mol. The Morgan fingerprint density at radius 3 is 2.52 bits per heavy atom. The van der Waals surface area contributed by atoms with Crippen LogP contribution in [0.2, 0.25) is 0 Å². The Morgan fingerprint density at radius 2 is 1.85 bits per heavy atom. The molecule has 1 aromatic rings. The quantitative estimate of drug-likeness (QED) is 0.742. The van der Waals surface area contributed by atoms with E-state index in [0.717, 1.165) is 71.0 Å². The first kappa shape index (κ1) is 19.9. The number of carbonyl (C=O) groups is 1. The normalized spacial score (nSPS) is 19.1. The van der Waals surface area contributed by atoms with Crippen molar-refractivity contribution in [3.8, 4) is 0 Å². The van der Waals surface area contributed by atoms with Gasteiger partial charge in [-0.15, -0.1) is 0 Å². The summed E-state index contributed by atoms with van der Waals surface area (Å²) in [6.45, 7) is 8.64. The summed E-state index contributed by atoms with van der Waals surface area (Å²) in [5, 5.41) is 3.14. The number of amides is 2. The molecule has 0 spiro atoms. The summed E-state index contributed by atoms with van der Waals surface area (Å²) in [4.78, 5) is 27.9. The third kappa shape index (κ3) is 5.79. The molecular formula is C20H34N6O. The van der Waals surface area contributed by atoms with Gasteiger partial charge in [-0.3, -0.25) is 4.90 Å². The Kier molecular flexibility index (Phi) is 7.68. The highest BCUT2D eigenvalue weighted by Gasteiger charge is 2.24. The Labute approximate surface area is 163 Å². The van der Waals surface area contributed by atoms with Crippen molar-refractivity contribution in [1.82, 2.24) is 25.1 Å². The highest BCUT2D eigenvalue weighted by Crippen LogP contribution is 2.22. The molecular weight excluding hydrogens is 340 g/mol. The van der Waals surface area contributed by atoms with Gasteiger partial charge in [-0.1, -0.05) is 19.3 Å². The Hall–Kier alpha value is -1.89. The summed E-state index contributed by atoms with van der Waals surface area (Å²) in [6, 6.07) is 2.41. The molecule has 7 heteroatoms. The molecule has 0 bridgehead atoms. The van der Waals surface area contributed by atoms with Crippen LogP contribution in [0.4, 0.5) is 10.7 Å². The Bertz CT molecular complexity index is 555. The molecule has 0 unspecified atom stereocenters. The van der Waals surface area contributed by atoms with E-state index in [1.165, 1.54) is 19.3 Å². The average Bonchev–Trinajstić information content (AvgIpc) is 2.74. The van der Waals surface area contributed by atoms with E-state index in [0.29, 0.717) is 6.04 Å². The van der Waals surface area contributed by atoms with Crippen LogP contribution in [0.5, 0.6) is 0 Å². The van der Waals surface area contributed by atoms with Crippen molar-refractivity contribution in [2.24, 2.45) is 0 Å². The second-order valence-corrected chi connectivity index (χ2v) is 7.54. The summed E-state index contributed by atoms with van der Waals surface area (Å²) < 4.78 is 0. The van der Waals surface area contributed by atoms with Crippen LogP contribution in [-0.2, 0) is 0 Å². The lowest BCUT2D eigenvalue weighted by Crippen LogP contribution is -2.48. The number of carbonyl (C=O) groups excluding carboxylic acids is 1. The molecule has 150 valence electrons. The van der Waals surface area contributed by atoms with Crippen molar-refractivity contribution in [1.29, 1.82) is 0 Å². The van der Waals surface area contributed by atoms with Gasteiger partial charge in [0.05, 0.1) is 0 Å². The summed E-state index contributed by atoms with van der Waals surface area (Å²) >= 11 is 0. The van der Waals surface area contributed by atoms with Gasteiger partial charge < -0.3 is 15.1 Å². The zero-order chi connectivity index (χ0) is 18.9. The highest BCUT2D eigenvalue weighted by atomic mass is 16.2. The number of nitrogens with zero attached hydrogens (tertiary/aromatic N) is 5. The van der Waals surface area contributed by atoms with Gasteiger partial charge in [-0.2, -0.15) is 0 Å². The second-order valence-electron chi connectivity index (χ2n) is 7.54. The van der Waals surface area contributed by atoms with Gasteiger partial charge in [0.1, 0.15) is 0 Å². The fourth-order valence-electron chi connectivity index (χ4n) is 4.19. The van der Waals surface area contributed by atoms with E-state index in [4.69, 9.17) is 0 Å². The molecule has 2 fully saturated rings. The maximum atomic E-state index is 12.5. The number of hydrogen-bond acceptors (Lipinski definition) is 5. The number of nitrogens with one attached hydrogen (secondary N) is 1. The van der Waals surface area contributed by atoms with Crippen LogP contribution >= 0.6 is 0 Å². The van der Waals surface area contributed by atoms with E-state index in [2.05, 4.69) is 32.0 Å². The van der Waals surface area contributed by atoms with Crippen LogP contribution in [-0.4, -0.2) is 77.7 Å². The van der Waals surface area contributed by atoms with Crippen molar-refractivity contribution >= 4 is 12.0 Å². The molecule has 1 saturated heterocycles. The topological polar surface area (TPSA) is 64.6 Å². The van der Waals surface area contributed by atoms with Gasteiger partial charge in [0.25, 0.3) is 0 Å². The van der Waals surface area contributed by atoms with Gasteiger partial charge in [-0.25, -0.2) is 14.8 Å². The van der Waals surface area contributed by atoms with Gasteiger partial charge in [0.2, 0.25) is 5.95 Å². The third-order valence-electron chi connectivity index (χ3n) is 5.75. The van der Waals surface area contributed by atoms with E-state index in [9.17, 15) is 4.79 Å². The Balaban J connectivity index is 1.31. The molecule has 1 N–H and O–H groups in total. The number of piperazine rings is 1. The molecule has 0 atom stereocenters. The smallest absolute Gasteiger partial charge is 0.317 e. The molecule has 0 aromatic carbocycles. The molecule has 2 aliphatic rings. The molecule has 1 aliphatic carbocycles. The van der Waals surface area contributed by atoms with E-state index < -0.39 is 0 Å². The number of urea groups is 1. The van der Waals surface area contributed by atoms with Crippen LogP contribution in [0.15, 0.2) is 18.5 Å². The van der Waals surface area contributed by atoms with Crippen LogP contribution in [0.1, 0.15) is 45.4 Å². The standard InChI is InChI=1S/C20H34N6O/c1-2-26(18-8-4-3-5-9-18)20(27)23-12-7-13-24-14-16-25(17-15-24)19-21-10-6-11-22-19/h6,10-11,18H,2-5,7-9,12-17H2,1H3,(H,23,27). The van der Waals surface area contributed by atoms with Gasteiger partial charge in [-0.05, 0) is 38.8 Å². The molecule has 27 heavy (non-hydrogen) atoms. The molecule has 1 aliphatic heterocycles. The lowest BCUT2D eigenvalue weighted by atomic mass is 9.94. The van der Waals surface area contributed by atoms with Crippen LogP contribution in [0.3, 0.4) is 0 Å². The fraction of sp³-hybridized carbons (Fsp3) is 0.750. The molecule has 0 radical (unpaired) electrons. The third-order valence-corrected chi connectivity index (χ3v) is 5.75. The van der Waals surface area contributed by atoms with Gasteiger partial charge >= 0.3 is 6.03 Å². The predicted octanol–water partition coefficient (Wildman–Crippen LogP) is 2.35. The zero-order valence-corrected chi connectivity index (χ0v) is 16.6. The summed E-state index contributed by atoms with van der Waals surface area (Å²) in [6.07, 6.45) is 10.7. The summed E-state index contributed by atoms with van der Waals surface area (Å²) in [7, 11) is 0. The molecule has 2 heterocycles. The number of anilines is 1. The molecule has 2 amide bonds. The lowest BCUT2D eigenvalue weighted by Gasteiger charge is -2.35. The molecule has 7 nitrogen and oxygen atoms in total. The minimum Gasteiger partial charge on any atom is -0.338 e. The van der Waals surface area contributed by atoms with Crippen LogP contribution in [0, 0.1) is 0 Å². The minimum atomic E-state index is 0.121. The zero-order valence-electron chi connectivity index (χ0n) is 16.6.